The Morgan fingerprint density at radius 2 is 1.43 bits per heavy atom. The molecule has 224 valence electrons. The third kappa shape index (κ3) is 7.28. The van der Waals surface area contributed by atoms with Crippen molar-refractivity contribution in [2.24, 2.45) is 0 Å². The molecule has 1 atom stereocenters. The van der Waals surface area contributed by atoms with Gasteiger partial charge in [0.2, 0.25) is 0 Å². The Balaban J connectivity index is 2.31. The summed E-state index contributed by atoms with van der Waals surface area (Å²) in [5.41, 5.74) is -1.95. The Hall–Kier alpha value is -2.79. The predicted octanol–water partition coefficient (Wildman–Crippen LogP) is 6.80. The molecule has 1 unspecified atom stereocenters. The number of carbonyl (C=O) groups is 1. The highest BCUT2D eigenvalue weighted by Crippen LogP contribution is 2.46. The number of carboxylic acids is 1. The van der Waals surface area contributed by atoms with E-state index in [1.165, 1.54) is 6.07 Å². The fourth-order valence-electron chi connectivity index (χ4n) is 4.94. The van der Waals surface area contributed by atoms with Crippen molar-refractivity contribution < 1.29 is 51.2 Å². The number of aryl methyl sites for hydroxylation is 3. The number of halogens is 6. The van der Waals surface area contributed by atoms with E-state index in [1.807, 2.05) is 32.9 Å². The van der Waals surface area contributed by atoms with Gasteiger partial charge in [-0.25, -0.2) is 0 Å². The lowest BCUT2D eigenvalue weighted by molar-refractivity contribution is -0.369. The molecule has 40 heavy (non-hydrogen) atoms. The number of aliphatic hydroxyl groups is 2. The summed E-state index contributed by atoms with van der Waals surface area (Å²) >= 11 is 0. The Labute approximate surface area is 229 Å². The number of hydrogen-bond donors (Lipinski definition) is 3. The SMILES string of the molecule is CCC(CC)(c1ccc(CCC(O)(C(F)(F)F)C(F)(F)F)c(C)c1)c1ccc(OCC(O)CCC(=O)O)c(C)c1. The maximum absolute atomic E-state index is 13.1. The van der Waals surface area contributed by atoms with Crippen molar-refractivity contribution in [3.63, 3.8) is 0 Å². The van der Waals surface area contributed by atoms with E-state index in [2.05, 4.69) is 0 Å². The summed E-state index contributed by atoms with van der Waals surface area (Å²) in [6.07, 6.45) is -13.6. The molecule has 5 nitrogen and oxygen atoms in total. The van der Waals surface area contributed by atoms with Gasteiger partial charge in [-0.1, -0.05) is 44.2 Å². The number of hydrogen-bond acceptors (Lipinski definition) is 4. The van der Waals surface area contributed by atoms with Crippen LogP contribution in [0.5, 0.6) is 5.75 Å². The van der Waals surface area contributed by atoms with Crippen LogP contribution in [0.25, 0.3) is 0 Å². The van der Waals surface area contributed by atoms with Gasteiger partial charge in [-0.2, -0.15) is 26.3 Å². The smallest absolute Gasteiger partial charge is 0.426 e. The van der Waals surface area contributed by atoms with Gasteiger partial charge in [-0.15, -0.1) is 0 Å². The topological polar surface area (TPSA) is 87.0 Å². The lowest BCUT2D eigenvalue weighted by Crippen LogP contribution is -2.57. The van der Waals surface area contributed by atoms with Crippen LogP contribution in [-0.4, -0.2) is 52.0 Å². The molecule has 0 amide bonds. The minimum absolute atomic E-state index is 0.0578. The maximum Gasteiger partial charge on any atom is 0.426 e. The summed E-state index contributed by atoms with van der Waals surface area (Å²) in [6, 6.07) is 10.5. The van der Waals surface area contributed by atoms with Crippen molar-refractivity contribution in [3.8, 4) is 5.75 Å². The number of alkyl halides is 6. The van der Waals surface area contributed by atoms with E-state index in [-0.39, 0.29) is 25.0 Å². The van der Waals surface area contributed by atoms with Gasteiger partial charge in [0.25, 0.3) is 5.60 Å². The molecule has 0 aliphatic carbocycles. The first-order valence-electron chi connectivity index (χ1n) is 13.0. The van der Waals surface area contributed by atoms with E-state index < -0.39 is 48.3 Å². The average Bonchev–Trinajstić information content (AvgIpc) is 2.86. The number of aliphatic hydroxyl groups excluding tert-OH is 1. The van der Waals surface area contributed by atoms with Gasteiger partial charge < -0.3 is 20.1 Å². The van der Waals surface area contributed by atoms with E-state index in [0.717, 1.165) is 16.7 Å². The summed E-state index contributed by atoms with van der Waals surface area (Å²) in [5.74, 6) is -0.491. The minimum Gasteiger partial charge on any atom is -0.491 e. The largest absolute Gasteiger partial charge is 0.491 e. The van der Waals surface area contributed by atoms with Crippen LogP contribution in [0.4, 0.5) is 26.3 Å². The van der Waals surface area contributed by atoms with Crippen LogP contribution in [0.1, 0.15) is 73.8 Å². The molecule has 11 heteroatoms. The summed E-state index contributed by atoms with van der Waals surface area (Å²) < 4.78 is 84.3. The molecule has 3 N–H and O–H groups in total. The molecular formula is C29H36F6O5. The molecule has 0 spiro atoms. The zero-order chi connectivity index (χ0) is 30.5. The highest BCUT2D eigenvalue weighted by molar-refractivity contribution is 5.66. The Morgan fingerprint density at radius 1 is 0.900 bits per heavy atom. The maximum atomic E-state index is 13.1. The third-order valence-electron chi connectivity index (χ3n) is 7.65. The molecule has 0 aliphatic heterocycles. The normalized spacial score (nSPS) is 13.8. The summed E-state index contributed by atoms with van der Waals surface area (Å²) in [5, 5.41) is 28.2. The number of carboxylic acid groups (broad SMARTS) is 1. The molecule has 0 aromatic heterocycles. The second-order valence-electron chi connectivity index (χ2n) is 10.2. The highest BCUT2D eigenvalue weighted by atomic mass is 19.4. The molecule has 0 aliphatic rings. The van der Waals surface area contributed by atoms with E-state index in [9.17, 15) is 41.4 Å². The van der Waals surface area contributed by atoms with Crippen LogP contribution >= 0.6 is 0 Å². The summed E-state index contributed by atoms with van der Waals surface area (Å²) in [7, 11) is 0. The molecule has 2 aromatic carbocycles. The van der Waals surface area contributed by atoms with Gasteiger partial charge in [0.05, 0.1) is 6.10 Å². The zero-order valence-electron chi connectivity index (χ0n) is 22.9. The van der Waals surface area contributed by atoms with Crippen molar-refractivity contribution in [1.82, 2.24) is 0 Å². The van der Waals surface area contributed by atoms with Crippen LogP contribution in [0, 0.1) is 13.8 Å². The Bertz CT molecular complexity index is 1140. The number of rotatable bonds is 13. The summed E-state index contributed by atoms with van der Waals surface area (Å²) in [6.45, 7) is 7.34. The van der Waals surface area contributed by atoms with Crippen LogP contribution in [0.15, 0.2) is 36.4 Å². The van der Waals surface area contributed by atoms with Gasteiger partial charge in [0.15, 0.2) is 0 Å². The van der Waals surface area contributed by atoms with Crippen LogP contribution in [0.2, 0.25) is 0 Å². The van der Waals surface area contributed by atoms with Crippen LogP contribution < -0.4 is 4.74 Å². The highest BCUT2D eigenvalue weighted by Gasteiger charge is 2.69. The van der Waals surface area contributed by atoms with E-state index in [4.69, 9.17) is 9.84 Å². The van der Waals surface area contributed by atoms with Crippen molar-refractivity contribution in [3.05, 3.63) is 64.2 Å². The van der Waals surface area contributed by atoms with Gasteiger partial charge >= 0.3 is 18.3 Å². The first kappa shape index (κ1) is 33.4. The Morgan fingerprint density at radius 3 is 1.88 bits per heavy atom. The second-order valence-corrected chi connectivity index (χ2v) is 10.2. The number of benzene rings is 2. The predicted molar refractivity (Wildman–Crippen MR) is 137 cm³/mol. The minimum atomic E-state index is -5.86. The molecule has 2 rings (SSSR count). The van der Waals surface area contributed by atoms with Crippen LogP contribution in [-0.2, 0) is 16.6 Å². The molecule has 0 saturated heterocycles. The van der Waals surface area contributed by atoms with Gasteiger partial charge in [0.1, 0.15) is 12.4 Å². The van der Waals surface area contributed by atoms with Crippen molar-refractivity contribution >= 4 is 5.97 Å². The fraction of sp³-hybridized carbons (Fsp3) is 0.552. The average molecular weight is 579 g/mol. The second kappa shape index (κ2) is 12.8. The van der Waals surface area contributed by atoms with Gasteiger partial charge in [-0.05, 0) is 79.8 Å². The third-order valence-corrected chi connectivity index (χ3v) is 7.65. The van der Waals surface area contributed by atoms with Crippen LogP contribution in [0.3, 0.4) is 0 Å². The molecular weight excluding hydrogens is 542 g/mol. The first-order valence-corrected chi connectivity index (χ1v) is 13.0. The number of aliphatic carboxylic acids is 1. The molecule has 2 aromatic rings. The van der Waals surface area contributed by atoms with Crippen molar-refractivity contribution in [1.29, 1.82) is 0 Å². The molecule has 0 saturated carbocycles. The van der Waals surface area contributed by atoms with Crippen molar-refractivity contribution in [2.45, 2.75) is 95.7 Å². The van der Waals surface area contributed by atoms with E-state index in [0.29, 0.717) is 24.2 Å². The van der Waals surface area contributed by atoms with Gasteiger partial charge in [-0.3, -0.25) is 4.79 Å². The Kier molecular flexibility index (Phi) is 10.7. The molecule has 0 bridgehead atoms. The molecule has 0 heterocycles. The van der Waals surface area contributed by atoms with E-state index in [1.54, 1.807) is 25.1 Å². The standard InChI is InChI=1S/C29H36F6O5/c1-5-26(6-2,22-9-11-24(19(4)16-22)40-17-23(36)10-12-25(37)38)21-8-7-20(18(3)15-21)13-14-27(39,28(30,31)32)29(33,34)35/h7-9,11,15-16,23,36,39H,5-6,10,12-14,17H2,1-4H3,(H,37,38). The first-order chi connectivity index (χ1) is 18.4. The molecule has 0 radical (unpaired) electrons. The van der Waals surface area contributed by atoms with Gasteiger partial charge in [0, 0.05) is 11.8 Å². The van der Waals surface area contributed by atoms with E-state index >= 15 is 0 Å². The monoisotopic (exact) mass is 578 g/mol. The molecule has 0 fully saturated rings. The summed E-state index contributed by atoms with van der Waals surface area (Å²) in [4.78, 5) is 10.7. The fourth-order valence-corrected chi connectivity index (χ4v) is 4.94. The lowest BCUT2D eigenvalue weighted by Gasteiger charge is -2.35. The zero-order valence-corrected chi connectivity index (χ0v) is 22.9. The van der Waals surface area contributed by atoms with Crippen molar-refractivity contribution in [2.75, 3.05) is 6.61 Å². The number of ether oxygens (including phenoxy) is 1. The lowest BCUT2D eigenvalue weighted by atomic mass is 9.69. The quantitative estimate of drug-likeness (QED) is 0.228.